The molecule has 0 amide bonds. The molecule has 0 bridgehead atoms. The van der Waals surface area contributed by atoms with Crippen LogP contribution in [-0.4, -0.2) is 15.6 Å². The van der Waals surface area contributed by atoms with Crippen molar-refractivity contribution in [2.24, 2.45) is 0 Å². The van der Waals surface area contributed by atoms with Gasteiger partial charge in [-0.3, -0.25) is 4.79 Å². The third-order valence-electron chi connectivity index (χ3n) is 3.34. The van der Waals surface area contributed by atoms with Gasteiger partial charge in [0.2, 0.25) is 0 Å². The van der Waals surface area contributed by atoms with Crippen LogP contribution in [0, 0.1) is 0 Å². The van der Waals surface area contributed by atoms with Gasteiger partial charge >= 0.3 is 5.97 Å². The molecule has 3 rings (SSSR count). The highest BCUT2D eigenvalue weighted by atomic mass is 35.5. The number of hydrogen-bond acceptors (Lipinski definition) is 1. The zero-order valence-electron chi connectivity index (χ0n) is 10.4. The van der Waals surface area contributed by atoms with Crippen LogP contribution in [0.1, 0.15) is 6.42 Å². The van der Waals surface area contributed by atoms with E-state index in [1.807, 2.05) is 41.0 Å². The highest BCUT2D eigenvalue weighted by Crippen LogP contribution is 2.32. The molecule has 0 spiro atoms. The first-order chi connectivity index (χ1) is 9.56. The molecule has 20 heavy (non-hydrogen) atoms. The minimum absolute atomic E-state index is 0.0735. The van der Waals surface area contributed by atoms with Crippen molar-refractivity contribution in [3.05, 3.63) is 46.4 Å². The Hall–Kier alpha value is -1.71. The number of aryl methyl sites for hydroxylation is 1. The number of carbonyl (C=O) groups is 1. The summed E-state index contributed by atoms with van der Waals surface area (Å²) in [6.45, 7) is 0.415. The molecule has 0 aliphatic rings. The molecule has 102 valence electrons. The number of hydrogen-bond donors (Lipinski definition) is 1. The Balaban J connectivity index is 2.31. The number of benzene rings is 2. The molecule has 0 aliphatic heterocycles. The standard InChI is InChI=1S/C15H11Cl2NO2/c16-9-1-3-13-11(7-9)12-8-10(17)2-4-14(12)18(13)6-5-15(19)20/h1-4,7-8H,5-6H2,(H,19,20). The molecule has 1 N–H and O–H groups in total. The minimum Gasteiger partial charge on any atom is -0.481 e. The van der Waals surface area contributed by atoms with Gasteiger partial charge in [-0.2, -0.15) is 0 Å². The highest BCUT2D eigenvalue weighted by Gasteiger charge is 2.12. The average molecular weight is 308 g/mol. The lowest BCUT2D eigenvalue weighted by Crippen LogP contribution is -2.04. The van der Waals surface area contributed by atoms with Crippen LogP contribution in [0.4, 0.5) is 0 Å². The van der Waals surface area contributed by atoms with Gasteiger partial charge in [0.05, 0.1) is 6.42 Å². The van der Waals surface area contributed by atoms with E-state index in [-0.39, 0.29) is 6.42 Å². The normalized spacial score (nSPS) is 11.3. The second kappa shape index (κ2) is 5.00. The Morgan fingerprint density at radius 1 is 1.00 bits per heavy atom. The molecular formula is C15H11Cl2NO2. The summed E-state index contributed by atoms with van der Waals surface area (Å²) in [5, 5.41) is 12.2. The molecule has 3 aromatic rings. The van der Waals surface area contributed by atoms with Crippen molar-refractivity contribution in [2.75, 3.05) is 0 Å². The third-order valence-corrected chi connectivity index (χ3v) is 3.81. The summed E-state index contributed by atoms with van der Waals surface area (Å²) >= 11 is 12.1. The second-order valence-corrected chi connectivity index (χ2v) is 5.49. The van der Waals surface area contributed by atoms with E-state index in [4.69, 9.17) is 28.3 Å². The number of aliphatic carboxylic acids is 1. The van der Waals surface area contributed by atoms with Crippen LogP contribution in [0.3, 0.4) is 0 Å². The van der Waals surface area contributed by atoms with Crippen LogP contribution in [0.5, 0.6) is 0 Å². The largest absolute Gasteiger partial charge is 0.481 e. The molecular weight excluding hydrogens is 297 g/mol. The van der Waals surface area contributed by atoms with E-state index in [2.05, 4.69) is 0 Å². The Bertz CT molecular complexity index is 764. The van der Waals surface area contributed by atoms with Gasteiger partial charge < -0.3 is 9.67 Å². The van der Waals surface area contributed by atoms with Crippen molar-refractivity contribution < 1.29 is 9.90 Å². The number of nitrogens with zero attached hydrogens (tertiary/aromatic N) is 1. The molecule has 0 unspecified atom stereocenters. The van der Waals surface area contributed by atoms with Gasteiger partial charge in [0.1, 0.15) is 0 Å². The predicted molar refractivity (Wildman–Crippen MR) is 81.7 cm³/mol. The molecule has 1 aromatic heterocycles. The fraction of sp³-hybridized carbons (Fsp3) is 0.133. The molecule has 0 aliphatic carbocycles. The molecule has 1 heterocycles. The fourth-order valence-corrected chi connectivity index (χ4v) is 2.84. The van der Waals surface area contributed by atoms with E-state index in [1.165, 1.54) is 0 Å². The van der Waals surface area contributed by atoms with Crippen LogP contribution in [0.15, 0.2) is 36.4 Å². The number of halogens is 2. The Morgan fingerprint density at radius 3 is 1.95 bits per heavy atom. The summed E-state index contributed by atoms with van der Waals surface area (Å²) in [5.74, 6) is -0.817. The number of aromatic nitrogens is 1. The maximum absolute atomic E-state index is 10.8. The summed E-state index contributed by atoms with van der Waals surface area (Å²) in [6.07, 6.45) is 0.0735. The predicted octanol–water partition coefficient (Wildman–Crippen LogP) is 4.58. The van der Waals surface area contributed by atoms with E-state index in [9.17, 15) is 4.79 Å². The van der Waals surface area contributed by atoms with Gasteiger partial charge in [-0.05, 0) is 36.4 Å². The quantitative estimate of drug-likeness (QED) is 0.769. The third kappa shape index (κ3) is 2.23. The monoisotopic (exact) mass is 307 g/mol. The van der Waals surface area contributed by atoms with E-state index in [1.54, 1.807) is 0 Å². The molecule has 0 fully saturated rings. The van der Waals surface area contributed by atoms with Crippen LogP contribution in [0.2, 0.25) is 10.0 Å². The Kier molecular flexibility index (Phi) is 3.32. The van der Waals surface area contributed by atoms with E-state index in [0.717, 1.165) is 21.8 Å². The highest BCUT2D eigenvalue weighted by molar-refractivity contribution is 6.33. The van der Waals surface area contributed by atoms with Crippen molar-refractivity contribution in [1.29, 1.82) is 0 Å². The summed E-state index contributed by atoms with van der Waals surface area (Å²) in [4.78, 5) is 10.8. The number of rotatable bonds is 3. The summed E-state index contributed by atoms with van der Waals surface area (Å²) < 4.78 is 1.99. The smallest absolute Gasteiger partial charge is 0.305 e. The summed E-state index contributed by atoms with van der Waals surface area (Å²) in [5.41, 5.74) is 1.93. The molecule has 0 atom stereocenters. The lowest BCUT2D eigenvalue weighted by molar-refractivity contribution is -0.137. The van der Waals surface area contributed by atoms with Gasteiger partial charge in [0.15, 0.2) is 0 Å². The van der Waals surface area contributed by atoms with Crippen LogP contribution >= 0.6 is 23.2 Å². The van der Waals surface area contributed by atoms with Crippen LogP contribution in [-0.2, 0) is 11.3 Å². The molecule has 0 saturated heterocycles. The summed E-state index contributed by atoms with van der Waals surface area (Å²) in [7, 11) is 0. The van der Waals surface area contributed by atoms with Crippen molar-refractivity contribution >= 4 is 51.0 Å². The van der Waals surface area contributed by atoms with Crippen molar-refractivity contribution in [3.8, 4) is 0 Å². The van der Waals surface area contributed by atoms with Crippen molar-refractivity contribution in [3.63, 3.8) is 0 Å². The second-order valence-electron chi connectivity index (χ2n) is 4.62. The maximum atomic E-state index is 10.8. The van der Waals surface area contributed by atoms with Crippen LogP contribution in [0.25, 0.3) is 21.8 Å². The first-order valence-corrected chi connectivity index (χ1v) is 6.90. The lowest BCUT2D eigenvalue weighted by Gasteiger charge is -2.05. The molecule has 2 aromatic carbocycles. The van der Waals surface area contributed by atoms with Gasteiger partial charge in [-0.1, -0.05) is 23.2 Å². The van der Waals surface area contributed by atoms with Gasteiger partial charge in [0, 0.05) is 38.4 Å². The number of carboxylic acids is 1. The van der Waals surface area contributed by atoms with E-state index >= 15 is 0 Å². The lowest BCUT2D eigenvalue weighted by atomic mass is 10.1. The zero-order chi connectivity index (χ0) is 14.3. The molecule has 5 heteroatoms. The first kappa shape index (κ1) is 13.3. The SMILES string of the molecule is O=C(O)CCn1c2ccc(Cl)cc2c2cc(Cl)ccc21. The zero-order valence-corrected chi connectivity index (χ0v) is 11.9. The van der Waals surface area contributed by atoms with Crippen LogP contribution < -0.4 is 0 Å². The first-order valence-electron chi connectivity index (χ1n) is 6.15. The fourth-order valence-electron chi connectivity index (χ4n) is 2.50. The minimum atomic E-state index is -0.817. The molecule has 3 nitrogen and oxygen atoms in total. The van der Waals surface area contributed by atoms with Gasteiger partial charge in [0.25, 0.3) is 0 Å². The van der Waals surface area contributed by atoms with E-state index in [0.29, 0.717) is 16.6 Å². The van der Waals surface area contributed by atoms with Gasteiger partial charge in [-0.25, -0.2) is 0 Å². The Morgan fingerprint density at radius 2 is 1.50 bits per heavy atom. The van der Waals surface area contributed by atoms with Crippen molar-refractivity contribution in [2.45, 2.75) is 13.0 Å². The Labute approximate surface area is 125 Å². The molecule has 0 radical (unpaired) electrons. The number of carboxylic acid groups (broad SMARTS) is 1. The van der Waals surface area contributed by atoms with Gasteiger partial charge in [-0.15, -0.1) is 0 Å². The van der Waals surface area contributed by atoms with Crippen molar-refractivity contribution in [1.82, 2.24) is 4.57 Å². The van der Waals surface area contributed by atoms with E-state index < -0.39 is 5.97 Å². The molecule has 0 saturated carbocycles. The average Bonchev–Trinajstić information content (AvgIpc) is 2.69. The topological polar surface area (TPSA) is 42.2 Å². The summed E-state index contributed by atoms with van der Waals surface area (Å²) in [6, 6.07) is 11.2. The maximum Gasteiger partial charge on any atom is 0.305 e. The number of fused-ring (bicyclic) bond motifs is 3.